The number of thiophene rings is 1. The van der Waals surface area contributed by atoms with Crippen LogP contribution in [-0.2, 0) is 5.41 Å². The molecule has 0 aliphatic heterocycles. The number of para-hydroxylation sites is 10. The van der Waals surface area contributed by atoms with E-state index < -0.39 is 0 Å². The van der Waals surface area contributed by atoms with Crippen LogP contribution in [0.3, 0.4) is 0 Å². The minimum Gasteiger partial charge on any atom is -0.456 e. The molecule has 0 radical (unpaired) electrons. The molecule has 8 nitrogen and oxygen atoms in total. The summed E-state index contributed by atoms with van der Waals surface area (Å²) in [5, 5.41) is 21.7. The predicted octanol–water partition coefficient (Wildman–Crippen LogP) is 38.4. The maximum Gasteiger partial charge on any atom is 0.159 e. The van der Waals surface area contributed by atoms with E-state index in [1.807, 2.05) is 29.5 Å². The molecule has 0 atom stereocenters. The molecule has 0 N–H and O–H groups in total. The van der Waals surface area contributed by atoms with Crippen LogP contribution in [-0.4, -0.2) is 13.7 Å². The van der Waals surface area contributed by atoms with Crippen molar-refractivity contribution < 1.29 is 8.83 Å². The van der Waals surface area contributed by atoms with Gasteiger partial charge in [0, 0.05) is 125 Å². The Kier molecular flexibility index (Phi) is 19.7. The topological polar surface area (TPSA) is 50.8 Å². The molecule has 0 fully saturated rings. The van der Waals surface area contributed by atoms with E-state index in [-0.39, 0.29) is 5.41 Å². The molecular weight excluding hydrogens is 1770 g/mol. The van der Waals surface area contributed by atoms with Gasteiger partial charge in [-0.2, -0.15) is 0 Å². The van der Waals surface area contributed by atoms with Crippen LogP contribution < -0.4 is 14.7 Å². The smallest absolute Gasteiger partial charge is 0.159 e. The number of hydrogen-bond donors (Lipinski definition) is 0. The Bertz CT molecular complexity index is 10000. The van der Waals surface area contributed by atoms with E-state index in [9.17, 15) is 0 Å². The molecule has 678 valence electrons. The van der Waals surface area contributed by atoms with Gasteiger partial charge in [-0.15, -0.1) is 11.3 Å². The Labute approximate surface area is 834 Å². The van der Waals surface area contributed by atoms with Gasteiger partial charge in [-0.1, -0.05) is 335 Å². The molecule has 29 aromatic rings. The van der Waals surface area contributed by atoms with Gasteiger partial charge in [0.2, 0.25) is 0 Å². The van der Waals surface area contributed by atoms with Crippen molar-refractivity contribution in [3.05, 3.63) is 521 Å². The van der Waals surface area contributed by atoms with Crippen LogP contribution in [0, 0.1) is 0 Å². The molecular formula is C135H90N6O2S. The monoisotopic (exact) mass is 1860 g/mol. The average Bonchev–Trinajstić information content (AvgIpc) is 1.56. The normalized spacial score (nSPS) is 12.3. The first-order chi connectivity index (χ1) is 71.2. The molecule has 1 aliphatic carbocycles. The first-order valence-corrected chi connectivity index (χ1v) is 50.1. The molecule has 0 spiro atoms. The first kappa shape index (κ1) is 83.6. The van der Waals surface area contributed by atoms with Gasteiger partial charge in [0.1, 0.15) is 16.7 Å². The molecule has 0 bridgehead atoms. The number of anilines is 9. The second-order valence-electron chi connectivity index (χ2n) is 38.1. The van der Waals surface area contributed by atoms with E-state index in [1.165, 1.54) is 157 Å². The minimum atomic E-state index is -0.0749. The summed E-state index contributed by atoms with van der Waals surface area (Å²) in [6.45, 7) is 4.71. The fourth-order valence-electron chi connectivity index (χ4n) is 23.1. The molecule has 0 saturated heterocycles. The van der Waals surface area contributed by atoms with Crippen molar-refractivity contribution in [3.63, 3.8) is 0 Å². The van der Waals surface area contributed by atoms with Crippen molar-refractivity contribution >= 4 is 224 Å². The molecule has 6 heterocycles. The number of rotatable bonds is 13. The standard InChI is InChI=1S/C46H28N2OS.C46H30N2O.C43H32N2/c1-2-15-31(16-3-1)47-37-21-12-22-38(44(37)36-27-29-13-4-5-14-30(29)28-41(36)47)48(39-23-10-19-34-32-17-6-8-25-42(32)49-45(34)39)40-24-11-20-35-33-18-7-9-26-43(33)50-46(35)40;1-3-14-34(15-4-1)47(36-26-23-31(24-27-36)32-25-28-39-38-19-10-12-22-43(38)49-44(39)30-32)46-37-18-8-7-13-33(37)29-42-45(46)40-20-9-11-21-41(40)48(42)35-16-5-2-6-17-35;1-43(2)38-21-11-9-19-33(38)34-25-24-32(27-39(34)43)44(30-15-5-3-6-16-30)41-23-13-14-29-26-42-37(28-36(29)41)35-20-10-12-22-40(35)45(42)31-17-7-4-8-18-31/h1-28H;1-30H;3-28H,1-2H3. The molecule has 9 heteroatoms. The zero-order chi connectivity index (χ0) is 95.2. The third-order valence-corrected chi connectivity index (χ3v) is 30.8. The number of fused-ring (bicyclic) bond motifs is 24. The van der Waals surface area contributed by atoms with Crippen LogP contribution >= 0.6 is 11.3 Å². The summed E-state index contributed by atoms with van der Waals surface area (Å²) in [4.78, 5) is 7.32. The maximum atomic E-state index is 6.77. The van der Waals surface area contributed by atoms with Gasteiger partial charge in [-0.3, -0.25) is 0 Å². The lowest BCUT2D eigenvalue weighted by Crippen LogP contribution is -2.16. The summed E-state index contributed by atoms with van der Waals surface area (Å²) in [7, 11) is 0. The predicted molar refractivity (Wildman–Crippen MR) is 609 cm³/mol. The van der Waals surface area contributed by atoms with Crippen molar-refractivity contribution in [1.82, 2.24) is 13.7 Å². The van der Waals surface area contributed by atoms with Crippen molar-refractivity contribution in [2.24, 2.45) is 0 Å². The van der Waals surface area contributed by atoms with Crippen LogP contribution in [0.2, 0.25) is 0 Å². The third-order valence-electron chi connectivity index (χ3n) is 29.6. The summed E-state index contributed by atoms with van der Waals surface area (Å²) < 4.78 is 22.7. The lowest BCUT2D eigenvalue weighted by molar-refractivity contribution is 0.660. The highest BCUT2D eigenvalue weighted by Gasteiger charge is 2.37. The van der Waals surface area contributed by atoms with Gasteiger partial charge >= 0.3 is 0 Å². The number of aromatic nitrogens is 3. The Morgan fingerprint density at radius 2 is 0.681 bits per heavy atom. The summed E-state index contributed by atoms with van der Waals surface area (Å²) in [5.74, 6) is 0. The highest BCUT2D eigenvalue weighted by atomic mass is 32.1. The van der Waals surface area contributed by atoms with Crippen molar-refractivity contribution in [2.75, 3.05) is 14.7 Å². The quantitative estimate of drug-likeness (QED) is 0.115. The van der Waals surface area contributed by atoms with E-state index in [0.29, 0.717) is 0 Å². The van der Waals surface area contributed by atoms with E-state index in [2.05, 4.69) is 534 Å². The second kappa shape index (κ2) is 33.9. The van der Waals surface area contributed by atoms with E-state index in [4.69, 9.17) is 8.83 Å². The molecule has 30 rings (SSSR count). The second-order valence-corrected chi connectivity index (χ2v) is 39.1. The number of furan rings is 2. The summed E-state index contributed by atoms with van der Waals surface area (Å²) in [6.07, 6.45) is 0. The fraction of sp³-hybridized carbons (Fsp3) is 0.0222. The largest absolute Gasteiger partial charge is 0.456 e. The molecule has 23 aromatic carbocycles. The Morgan fingerprint density at radius 3 is 1.40 bits per heavy atom. The molecule has 6 aromatic heterocycles. The van der Waals surface area contributed by atoms with E-state index >= 15 is 0 Å². The van der Waals surface area contributed by atoms with Crippen LogP contribution in [0.4, 0.5) is 51.2 Å². The SMILES string of the molecule is CC1(C)c2ccccc2-c2ccc(N(c3ccccc3)c3cccc4cc5c(cc34)c3ccccc3n5-c3ccccc3)cc21.c1ccc(-n2c3cc4ccccc4cc3c3c(N(c4cccc5c4oc4ccccc45)c4cccc5c4sc4ccccc45)cccc32)cc1.c1ccc(N(c2ccc(-c3ccc4c(c3)oc3ccccc34)cc2)c2c3ccccc3cc3c2c2ccccc2n3-c2ccccc2)cc1. The Balaban J connectivity index is 0.000000105. The fourth-order valence-corrected chi connectivity index (χ4v) is 24.3. The average molecular weight is 1860 g/mol. The van der Waals surface area contributed by atoms with Crippen molar-refractivity contribution in [1.29, 1.82) is 0 Å². The highest BCUT2D eigenvalue weighted by Crippen LogP contribution is 2.56. The molecule has 1 aliphatic rings. The minimum absolute atomic E-state index is 0.0749. The third kappa shape index (κ3) is 13.6. The lowest BCUT2D eigenvalue weighted by Gasteiger charge is -2.29. The number of hydrogen-bond acceptors (Lipinski definition) is 6. The van der Waals surface area contributed by atoms with Gasteiger partial charge < -0.3 is 37.2 Å². The van der Waals surface area contributed by atoms with Gasteiger partial charge in [-0.05, 0) is 243 Å². The van der Waals surface area contributed by atoms with Gasteiger partial charge in [-0.25, -0.2) is 0 Å². The molecule has 0 unspecified atom stereocenters. The van der Waals surface area contributed by atoms with Gasteiger partial charge in [0.15, 0.2) is 5.58 Å². The lowest BCUT2D eigenvalue weighted by atomic mass is 9.82. The summed E-state index contributed by atoms with van der Waals surface area (Å²) >= 11 is 1.85. The number of nitrogens with zero attached hydrogens (tertiary/aromatic N) is 6. The molecule has 0 saturated carbocycles. The Morgan fingerprint density at radius 1 is 0.222 bits per heavy atom. The first-order valence-electron chi connectivity index (χ1n) is 49.3. The van der Waals surface area contributed by atoms with Crippen molar-refractivity contribution in [3.8, 4) is 39.3 Å². The molecule has 0 amide bonds. The van der Waals surface area contributed by atoms with Gasteiger partial charge in [0.05, 0.1) is 66.2 Å². The van der Waals surface area contributed by atoms with E-state index in [0.717, 1.165) is 106 Å². The van der Waals surface area contributed by atoms with E-state index in [1.54, 1.807) is 0 Å². The highest BCUT2D eigenvalue weighted by molar-refractivity contribution is 7.26. The van der Waals surface area contributed by atoms with Gasteiger partial charge in [0.25, 0.3) is 0 Å². The zero-order valence-electron chi connectivity index (χ0n) is 78.9. The Hall–Kier alpha value is -18.5. The summed E-state index contributed by atoms with van der Waals surface area (Å²) in [5.41, 5.74) is 31.9. The summed E-state index contributed by atoms with van der Waals surface area (Å²) in [6, 6.07) is 184. The number of benzene rings is 23. The van der Waals surface area contributed by atoms with Crippen LogP contribution in [0.5, 0.6) is 0 Å². The van der Waals surface area contributed by atoms with Crippen LogP contribution in [0.1, 0.15) is 25.0 Å². The van der Waals surface area contributed by atoms with Crippen LogP contribution in [0.25, 0.3) is 201 Å². The van der Waals surface area contributed by atoms with Crippen molar-refractivity contribution in [2.45, 2.75) is 19.3 Å². The zero-order valence-corrected chi connectivity index (χ0v) is 79.7. The maximum absolute atomic E-state index is 6.77. The molecule has 144 heavy (non-hydrogen) atoms. The van der Waals surface area contributed by atoms with Crippen LogP contribution in [0.15, 0.2) is 518 Å².